The van der Waals surface area contributed by atoms with Gasteiger partial charge < -0.3 is 9.47 Å². The number of thioether (sulfide) groups is 1. The third-order valence-electron chi connectivity index (χ3n) is 3.31. The van der Waals surface area contributed by atoms with Gasteiger partial charge in [0, 0.05) is 17.3 Å². The van der Waals surface area contributed by atoms with Gasteiger partial charge in [0.25, 0.3) is 0 Å². The van der Waals surface area contributed by atoms with E-state index in [1.54, 1.807) is 11.8 Å². The molecule has 0 radical (unpaired) electrons. The van der Waals surface area contributed by atoms with Crippen molar-refractivity contribution in [2.75, 3.05) is 19.5 Å². The second-order valence-corrected chi connectivity index (χ2v) is 6.31. The quantitative estimate of drug-likeness (QED) is 0.394. The van der Waals surface area contributed by atoms with Crippen molar-refractivity contribution in [3.63, 3.8) is 0 Å². The molecule has 2 aromatic carbocycles. The first kappa shape index (κ1) is 17.6. The van der Waals surface area contributed by atoms with E-state index in [-0.39, 0.29) is 5.97 Å². The number of ether oxygens (including phenoxy) is 2. The third kappa shape index (κ3) is 6.89. The molecule has 23 heavy (non-hydrogen) atoms. The van der Waals surface area contributed by atoms with Crippen LogP contribution in [0.2, 0.25) is 0 Å². The van der Waals surface area contributed by atoms with Crippen LogP contribution < -0.4 is 0 Å². The zero-order valence-corrected chi connectivity index (χ0v) is 14.2. The van der Waals surface area contributed by atoms with Crippen LogP contribution in [0.4, 0.5) is 0 Å². The monoisotopic (exact) mass is 330 g/mol. The van der Waals surface area contributed by atoms with Gasteiger partial charge in [-0.3, -0.25) is 4.79 Å². The maximum atomic E-state index is 11.2. The molecule has 0 unspecified atom stereocenters. The Bertz CT molecular complexity index is 581. The molecule has 0 aliphatic rings. The smallest absolute Gasteiger partial charge is 0.309 e. The second kappa shape index (κ2) is 10.1. The van der Waals surface area contributed by atoms with Gasteiger partial charge in [-0.1, -0.05) is 42.5 Å². The molecule has 0 fully saturated rings. The summed E-state index contributed by atoms with van der Waals surface area (Å²) in [5.74, 6) is 0.812. The van der Waals surface area contributed by atoms with Crippen LogP contribution in [0.15, 0.2) is 59.5 Å². The molecular formula is C19H22O3S. The van der Waals surface area contributed by atoms with Gasteiger partial charge in [0.05, 0.1) is 20.1 Å². The second-order valence-electron chi connectivity index (χ2n) is 5.14. The third-order valence-corrected chi connectivity index (χ3v) is 4.41. The van der Waals surface area contributed by atoms with Crippen molar-refractivity contribution in [1.82, 2.24) is 0 Å². The van der Waals surface area contributed by atoms with Crippen LogP contribution in [0.5, 0.6) is 0 Å². The molecule has 2 aromatic rings. The predicted molar refractivity (Wildman–Crippen MR) is 93.6 cm³/mol. The molecular weight excluding hydrogens is 308 g/mol. The minimum absolute atomic E-state index is 0.207. The maximum Gasteiger partial charge on any atom is 0.309 e. The predicted octanol–water partition coefficient (Wildman–Crippen LogP) is 4.10. The zero-order chi connectivity index (χ0) is 16.3. The number of benzene rings is 2. The van der Waals surface area contributed by atoms with Crippen LogP contribution >= 0.6 is 11.8 Å². The summed E-state index contributed by atoms with van der Waals surface area (Å²) in [7, 11) is 1.41. The highest BCUT2D eigenvalue weighted by atomic mass is 32.2. The van der Waals surface area contributed by atoms with Gasteiger partial charge in [-0.2, -0.15) is 0 Å². The van der Waals surface area contributed by atoms with E-state index in [1.807, 2.05) is 42.5 Å². The molecule has 122 valence electrons. The van der Waals surface area contributed by atoms with Crippen molar-refractivity contribution < 1.29 is 14.3 Å². The van der Waals surface area contributed by atoms with Crippen LogP contribution in [0.25, 0.3) is 0 Å². The van der Waals surface area contributed by atoms with Gasteiger partial charge >= 0.3 is 5.97 Å². The lowest BCUT2D eigenvalue weighted by atomic mass is 10.2. The fourth-order valence-electron chi connectivity index (χ4n) is 2.06. The van der Waals surface area contributed by atoms with Crippen LogP contribution in [0.3, 0.4) is 0 Å². The summed E-state index contributed by atoms with van der Waals surface area (Å²) < 4.78 is 10.3. The number of rotatable bonds is 9. The highest BCUT2D eigenvalue weighted by Crippen LogP contribution is 2.19. The minimum atomic E-state index is -0.207. The summed E-state index contributed by atoms with van der Waals surface area (Å²) in [6.45, 7) is 1.44. The Balaban J connectivity index is 1.60. The number of methoxy groups -OCH3 is 1. The first-order valence-electron chi connectivity index (χ1n) is 7.68. The number of hydrogen-bond acceptors (Lipinski definition) is 4. The first-order valence-corrected chi connectivity index (χ1v) is 8.66. The van der Waals surface area contributed by atoms with Crippen molar-refractivity contribution in [3.8, 4) is 0 Å². The number of carbonyl (C=O) groups excluding carboxylic acids is 1. The molecule has 0 aliphatic heterocycles. The summed E-state index contributed by atoms with van der Waals surface area (Å²) in [6.07, 6.45) is 1.34. The Labute approximate surface area is 142 Å². The molecule has 0 aliphatic carbocycles. The SMILES string of the molecule is COC(=O)Cc1ccc(SCCCOCc2ccccc2)cc1. The molecule has 4 heteroatoms. The van der Waals surface area contributed by atoms with E-state index in [2.05, 4.69) is 16.9 Å². The van der Waals surface area contributed by atoms with Crippen LogP contribution in [0.1, 0.15) is 17.5 Å². The Morgan fingerprint density at radius 1 is 1.00 bits per heavy atom. The largest absolute Gasteiger partial charge is 0.469 e. The zero-order valence-electron chi connectivity index (χ0n) is 13.4. The number of carbonyl (C=O) groups is 1. The van der Waals surface area contributed by atoms with E-state index in [4.69, 9.17) is 4.74 Å². The highest BCUT2D eigenvalue weighted by molar-refractivity contribution is 7.99. The van der Waals surface area contributed by atoms with Crippen molar-refractivity contribution in [3.05, 3.63) is 65.7 Å². The van der Waals surface area contributed by atoms with E-state index in [9.17, 15) is 4.79 Å². The van der Waals surface area contributed by atoms with Crippen LogP contribution in [-0.4, -0.2) is 25.4 Å². The lowest BCUT2D eigenvalue weighted by molar-refractivity contribution is -0.139. The summed E-state index contributed by atoms with van der Waals surface area (Å²) in [5, 5.41) is 0. The Morgan fingerprint density at radius 2 is 1.74 bits per heavy atom. The van der Waals surface area contributed by atoms with Crippen molar-refractivity contribution in [2.45, 2.75) is 24.3 Å². The van der Waals surface area contributed by atoms with Gasteiger partial charge in [-0.05, 0) is 29.7 Å². The van der Waals surface area contributed by atoms with Gasteiger partial charge in [0.2, 0.25) is 0 Å². The van der Waals surface area contributed by atoms with Gasteiger partial charge in [0.1, 0.15) is 0 Å². The average Bonchev–Trinajstić information content (AvgIpc) is 2.60. The van der Waals surface area contributed by atoms with Crippen molar-refractivity contribution in [2.24, 2.45) is 0 Å². The van der Waals surface area contributed by atoms with Gasteiger partial charge in [-0.25, -0.2) is 0 Å². The van der Waals surface area contributed by atoms with Crippen LogP contribution in [0, 0.1) is 0 Å². The average molecular weight is 330 g/mol. The van der Waals surface area contributed by atoms with Gasteiger partial charge in [-0.15, -0.1) is 11.8 Å². The lowest BCUT2D eigenvalue weighted by Gasteiger charge is -2.05. The molecule has 0 heterocycles. The summed E-state index contributed by atoms with van der Waals surface area (Å²) >= 11 is 1.80. The molecule has 0 saturated heterocycles. The fourth-order valence-corrected chi connectivity index (χ4v) is 2.88. The summed E-state index contributed by atoms with van der Waals surface area (Å²) in [5.41, 5.74) is 2.19. The van der Waals surface area contributed by atoms with E-state index in [0.717, 1.165) is 24.3 Å². The van der Waals surface area contributed by atoms with Crippen molar-refractivity contribution >= 4 is 17.7 Å². The van der Waals surface area contributed by atoms with E-state index in [0.29, 0.717) is 13.0 Å². The number of hydrogen-bond donors (Lipinski definition) is 0. The molecule has 0 bridgehead atoms. The van der Waals surface area contributed by atoms with Crippen LogP contribution in [-0.2, 0) is 27.3 Å². The topological polar surface area (TPSA) is 35.5 Å². The lowest BCUT2D eigenvalue weighted by Crippen LogP contribution is -2.04. The Hall–Kier alpha value is -1.78. The Morgan fingerprint density at radius 3 is 2.43 bits per heavy atom. The molecule has 3 nitrogen and oxygen atoms in total. The number of esters is 1. The normalized spacial score (nSPS) is 10.5. The molecule has 0 N–H and O–H groups in total. The van der Waals surface area contributed by atoms with E-state index in [1.165, 1.54) is 17.6 Å². The van der Waals surface area contributed by atoms with E-state index >= 15 is 0 Å². The van der Waals surface area contributed by atoms with E-state index < -0.39 is 0 Å². The molecule has 0 atom stereocenters. The molecule has 0 spiro atoms. The standard InChI is InChI=1S/C19H22O3S/c1-21-19(20)14-16-8-10-18(11-9-16)23-13-5-12-22-15-17-6-3-2-4-7-17/h2-4,6-11H,5,12-15H2,1H3. The van der Waals surface area contributed by atoms with Crippen molar-refractivity contribution in [1.29, 1.82) is 0 Å². The minimum Gasteiger partial charge on any atom is -0.469 e. The van der Waals surface area contributed by atoms with Gasteiger partial charge in [0.15, 0.2) is 0 Å². The summed E-state index contributed by atoms with van der Waals surface area (Å²) in [4.78, 5) is 12.4. The highest BCUT2D eigenvalue weighted by Gasteiger charge is 2.02. The molecule has 0 amide bonds. The molecule has 0 saturated carbocycles. The fraction of sp³-hybridized carbons (Fsp3) is 0.316. The molecule has 0 aromatic heterocycles. The maximum absolute atomic E-state index is 11.2. The summed E-state index contributed by atoms with van der Waals surface area (Å²) in [6, 6.07) is 18.3. The Kier molecular flexibility index (Phi) is 7.70. The first-order chi connectivity index (χ1) is 11.3. The molecule has 2 rings (SSSR count).